The Balaban J connectivity index is 5.43. The first kappa shape index (κ1) is 27.8. The van der Waals surface area contributed by atoms with Crippen molar-refractivity contribution in [2.45, 2.75) is 78.6 Å². The smallest absolute Gasteiger partial charge is 0.326 e. The van der Waals surface area contributed by atoms with Crippen LogP contribution in [-0.4, -0.2) is 64.7 Å². The molecule has 10 nitrogen and oxygen atoms in total. The van der Waals surface area contributed by atoms with Crippen molar-refractivity contribution >= 4 is 23.7 Å². The summed E-state index contributed by atoms with van der Waals surface area (Å²) in [6.07, 6.45) is 0.825. The number of aliphatic hydroxyl groups excluding tert-OH is 1. The number of carboxylic acids is 1. The summed E-state index contributed by atoms with van der Waals surface area (Å²) in [7, 11) is 0. The van der Waals surface area contributed by atoms with E-state index < -0.39 is 54.5 Å². The van der Waals surface area contributed by atoms with E-state index in [2.05, 4.69) is 16.0 Å². The van der Waals surface area contributed by atoms with Crippen LogP contribution in [-0.2, 0) is 19.2 Å². The molecule has 0 bridgehead atoms. The SMILES string of the molecule is CCC(C)C(NC(=O)C(N)CO)C(=O)NC(C(=O)NC(CC(C)C)C(=O)O)C(C)C. The number of rotatable bonds is 13. The molecule has 0 spiro atoms. The molecule has 0 aliphatic carbocycles. The minimum absolute atomic E-state index is 0.0548. The van der Waals surface area contributed by atoms with E-state index in [0.717, 1.165) is 0 Å². The van der Waals surface area contributed by atoms with Gasteiger partial charge in [-0.15, -0.1) is 0 Å². The Morgan fingerprint density at radius 3 is 1.77 bits per heavy atom. The van der Waals surface area contributed by atoms with Crippen molar-refractivity contribution in [2.24, 2.45) is 23.5 Å². The molecule has 0 aliphatic heterocycles. The van der Waals surface area contributed by atoms with Gasteiger partial charge in [0.2, 0.25) is 17.7 Å². The maximum atomic E-state index is 12.9. The van der Waals surface area contributed by atoms with Gasteiger partial charge in [0.05, 0.1) is 6.61 Å². The first-order valence-corrected chi connectivity index (χ1v) is 10.4. The maximum Gasteiger partial charge on any atom is 0.326 e. The van der Waals surface area contributed by atoms with Crippen LogP contribution in [0.25, 0.3) is 0 Å². The number of nitrogens with two attached hydrogens (primary N) is 1. The molecule has 0 radical (unpaired) electrons. The van der Waals surface area contributed by atoms with E-state index >= 15 is 0 Å². The molecular weight excluding hydrogens is 392 g/mol. The Morgan fingerprint density at radius 1 is 0.867 bits per heavy atom. The first-order valence-electron chi connectivity index (χ1n) is 10.4. The second-order valence-corrected chi connectivity index (χ2v) is 8.42. The van der Waals surface area contributed by atoms with Gasteiger partial charge in [0, 0.05) is 0 Å². The van der Waals surface area contributed by atoms with E-state index in [1.165, 1.54) is 0 Å². The number of carbonyl (C=O) groups is 4. The lowest BCUT2D eigenvalue weighted by atomic mass is 9.96. The molecule has 3 amide bonds. The van der Waals surface area contributed by atoms with Crippen molar-refractivity contribution in [3.05, 3.63) is 0 Å². The lowest BCUT2D eigenvalue weighted by Gasteiger charge is -2.29. The highest BCUT2D eigenvalue weighted by molar-refractivity contribution is 5.94. The van der Waals surface area contributed by atoms with Gasteiger partial charge >= 0.3 is 5.97 Å². The summed E-state index contributed by atoms with van der Waals surface area (Å²) in [6.45, 7) is 10.2. The fraction of sp³-hybridized carbons (Fsp3) is 0.800. The number of aliphatic carboxylic acids is 1. The van der Waals surface area contributed by atoms with Crippen LogP contribution in [0, 0.1) is 17.8 Å². The normalized spacial score (nSPS) is 16.3. The molecule has 0 aromatic carbocycles. The predicted molar refractivity (Wildman–Crippen MR) is 112 cm³/mol. The molecule has 0 fully saturated rings. The van der Waals surface area contributed by atoms with Gasteiger partial charge in [0.25, 0.3) is 0 Å². The lowest BCUT2D eigenvalue weighted by molar-refractivity contribution is -0.143. The van der Waals surface area contributed by atoms with Crippen LogP contribution in [0.15, 0.2) is 0 Å². The summed E-state index contributed by atoms with van der Waals surface area (Å²) in [5.41, 5.74) is 5.51. The van der Waals surface area contributed by atoms with Crippen molar-refractivity contribution in [3.63, 3.8) is 0 Å². The van der Waals surface area contributed by atoms with Crippen molar-refractivity contribution in [2.75, 3.05) is 6.61 Å². The predicted octanol–water partition coefficient (Wildman–Crippen LogP) is -0.407. The molecule has 7 N–H and O–H groups in total. The molecule has 10 heteroatoms. The topological polar surface area (TPSA) is 171 Å². The average molecular weight is 431 g/mol. The van der Waals surface area contributed by atoms with Gasteiger partial charge in [-0.25, -0.2) is 4.79 Å². The summed E-state index contributed by atoms with van der Waals surface area (Å²) in [4.78, 5) is 49.1. The molecule has 5 atom stereocenters. The summed E-state index contributed by atoms with van der Waals surface area (Å²) in [5, 5.41) is 26.1. The number of hydrogen-bond donors (Lipinski definition) is 6. The monoisotopic (exact) mass is 430 g/mol. The van der Waals surface area contributed by atoms with Gasteiger partial charge in [-0.2, -0.15) is 0 Å². The second kappa shape index (κ2) is 13.2. The van der Waals surface area contributed by atoms with Crippen LogP contribution in [0.3, 0.4) is 0 Å². The third-order valence-corrected chi connectivity index (χ3v) is 4.90. The first-order chi connectivity index (χ1) is 13.8. The number of nitrogens with one attached hydrogen (secondary N) is 3. The van der Waals surface area contributed by atoms with Crippen LogP contribution < -0.4 is 21.7 Å². The third kappa shape index (κ3) is 9.08. The molecule has 0 saturated carbocycles. The Labute approximate surface area is 178 Å². The molecule has 30 heavy (non-hydrogen) atoms. The lowest BCUT2D eigenvalue weighted by Crippen LogP contribution is -2.60. The van der Waals surface area contributed by atoms with E-state index in [9.17, 15) is 24.3 Å². The third-order valence-electron chi connectivity index (χ3n) is 4.90. The van der Waals surface area contributed by atoms with Crippen molar-refractivity contribution in [3.8, 4) is 0 Å². The molecule has 0 aromatic heterocycles. The highest BCUT2D eigenvalue weighted by Gasteiger charge is 2.33. The molecule has 0 aromatic rings. The molecular formula is C20H38N4O6. The van der Waals surface area contributed by atoms with E-state index in [-0.39, 0.29) is 24.2 Å². The van der Waals surface area contributed by atoms with Gasteiger partial charge in [-0.3, -0.25) is 14.4 Å². The van der Waals surface area contributed by atoms with Gasteiger partial charge in [-0.05, 0) is 24.2 Å². The zero-order chi connectivity index (χ0) is 23.6. The molecule has 0 rings (SSSR count). The quantitative estimate of drug-likeness (QED) is 0.231. The van der Waals surface area contributed by atoms with Gasteiger partial charge < -0.3 is 31.9 Å². The standard InChI is InChI=1S/C20H38N4O6/c1-7-12(6)16(24-17(26)13(21)9-25)19(28)23-15(11(4)5)18(27)22-14(20(29)30)8-10(2)3/h10-16,25H,7-9,21H2,1-6H3,(H,22,27)(H,23,28)(H,24,26)(H,29,30). The number of carboxylic acid groups (broad SMARTS) is 1. The number of aliphatic hydroxyl groups is 1. The highest BCUT2D eigenvalue weighted by atomic mass is 16.4. The van der Waals surface area contributed by atoms with Gasteiger partial charge in [0.1, 0.15) is 24.2 Å². The molecule has 0 aliphatic rings. The average Bonchev–Trinajstić information content (AvgIpc) is 2.66. The minimum atomic E-state index is -1.17. The summed E-state index contributed by atoms with van der Waals surface area (Å²) in [6, 6.07) is -4.18. The van der Waals surface area contributed by atoms with Crippen LogP contribution in [0.2, 0.25) is 0 Å². The number of carbonyl (C=O) groups excluding carboxylic acids is 3. The van der Waals surface area contributed by atoms with Crippen molar-refractivity contribution in [1.82, 2.24) is 16.0 Å². The number of amides is 3. The number of hydrogen-bond acceptors (Lipinski definition) is 6. The fourth-order valence-corrected chi connectivity index (χ4v) is 2.78. The zero-order valence-electron chi connectivity index (χ0n) is 18.8. The summed E-state index contributed by atoms with van der Waals surface area (Å²) < 4.78 is 0. The van der Waals surface area contributed by atoms with E-state index in [4.69, 9.17) is 10.8 Å². The summed E-state index contributed by atoms with van der Waals surface area (Å²) >= 11 is 0. The fourth-order valence-electron chi connectivity index (χ4n) is 2.78. The van der Waals surface area contributed by atoms with Crippen LogP contribution in [0.5, 0.6) is 0 Å². The largest absolute Gasteiger partial charge is 0.480 e. The Kier molecular flexibility index (Phi) is 12.2. The van der Waals surface area contributed by atoms with E-state index in [1.54, 1.807) is 20.8 Å². The molecule has 5 unspecified atom stereocenters. The molecule has 0 saturated heterocycles. The Bertz CT molecular complexity index is 596. The molecule has 174 valence electrons. The summed E-state index contributed by atoms with van der Waals surface area (Å²) in [5.74, 6) is -3.53. The Morgan fingerprint density at radius 2 is 1.37 bits per heavy atom. The van der Waals surface area contributed by atoms with Gasteiger partial charge in [-0.1, -0.05) is 48.0 Å². The van der Waals surface area contributed by atoms with Crippen molar-refractivity contribution in [1.29, 1.82) is 0 Å². The zero-order valence-corrected chi connectivity index (χ0v) is 18.8. The second-order valence-electron chi connectivity index (χ2n) is 8.42. The molecule has 0 heterocycles. The minimum Gasteiger partial charge on any atom is -0.480 e. The van der Waals surface area contributed by atoms with E-state index in [0.29, 0.717) is 6.42 Å². The maximum absolute atomic E-state index is 12.9. The van der Waals surface area contributed by atoms with Gasteiger partial charge in [0.15, 0.2) is 0 Å². The van der Waals surface area contributed by atoms with E-state index in [1.807, 2.05) is 20.8 Å². The highest BCUT2D eigenvalue weighted by Crippen LogP contribution is 2.11. The van der Waals surface area contributed by atoms with Crippen LogP contribution >= 0.6 is 0 Å². The van der Waals surface area contributed by atoms with Crippen LogP contribution in [0.1, 0.15) is 54.4 Å². The van der Waals surface area contributed by atoms with Crippen molar-refractivity contribution < 1.29 is 29.4 Å². The van der Waals surface area contributed by atoms with Crippen LogP contribution in [0.4, 0.5) is 0 Å². The Hall–Kier alpha value is -2.20.